The van der Waals surface area contributed by atoms with Crippen molar-refractivity contribution in [2.24, 2.45) is 0 Å². The molecule has 1 aromatic carbocycles. The Morgan fingerprint density at radius 1 is 1.29 bits per heavy atom. The number of amides is 2. The van der Waals surface area contributed by atoms with Crippen LogP contribution in [-0.4, -0.2) is 45.3 Å². The Kier molecular flexibility index (Phi) is 5.45. The predicted molar refractivity (Wildman–Crippen MR) is 99.6 cm³/mol. The molecule has 128 valence electrons. The summed E-state index contributed by atoms with van der Waals surface area (Å²) in [6.45, 7) is 2.08. The minimum absolute atomic E-state index is 0.0612. The summed E-state index contributed by atoms with van der Waals surface area (Å²) in [4.78, 5) is 14.4. The van der Waals surface area contributed by atoms with E-state index in [-0.39, 0.29) is 12.1 Å². The zero-order chi connectivity index (χ0) is 16.9. The van der Waals surface area contributed by atoms with E-state index in [2.05, 4.69) is 29.5 Å². The fraction of sp³-hybridized carbons (Fsp3) is 0.444. The molecule has 1 aliphatic heterocycles. The van der Waals surface area contributed by atoms with Gasteiger partial charge >= 0.3 is 6.03 Å². The van der Waals surface area contributed by atoms with Gasteiger partial charge in [-0.25, -0.2) is 9.48 Å². The maximum absolute atomic E-state index is 12.6. The molecule has 0 saturated carbocycles. The lowest BCUT2D eigenvalue weighted by molar-refractivity contribution is 0.200. The van der Waals surface area contributed by atoms with Crippen LogP contribution in [-0.2, 0) is 0 Å². The molecule has 1 fully saturated rings. The van der Waals surface area contributed by atoms with Crippen molar-refractivity contribution in [2.75, 3.05) is 23.9 Å². The fourth-order valence-corrected chi connectivity index (χ4v) is 4.11. The SMILES string of the molecule is C[C@@H](c1ccccc1)n1nccc1NC(=O)N(C)C1CCSCC1. The lowest BCUT2D eigenvalue weighted by atomic mass is 10.1. The van der Waals surface area contributed by atoms with E-state index in [1.165, 1.54) is 0 Å². The van der Waals surface area contributed by atoms with Crippen LogP contribution >= 0.6 is 11.8 Å². The van der Waals surface area contributed by atoms with Gasteiger partial charge in [-0.2, -0.15) is 16.9 Å². The van der Waals surface area contributed by atoms with Crippen LogP contribution in [0, 0.1) is 0 Å². The van der Waals surface area contributed by atoms with Gasteiger partial charge in [0.15, 0.2) is 0 Å². The number of hydrogen-bond donors (Lipinski definition) is 1. The highest BCUT2D eigenvalue weighted by molar-refractivity contribution is 7.99. The van der Waals surface area contributed by atoms with Crippen molar-refractivity contribution in [3.05, 3.63) is 48.2 Å². The Morgan fingerprint density at radius 3 is 2.71 bits per heavy atom. The van der Waals surface area contributed by atoms with Gasteiger partial charge in [-0.15, -0.1) is 0 Å². The first-order valence-corrected chi connectivity index (χ1v) is 9.52. The van der Waals surface area contributed by atoms with Gasteiger partial charge < -0.3 is 4.90 Å². The normalized spacial score (nSPS) is 16.6. The number of carbonyl (C=O) groups is 1. The second-order valence-corrected chi connectivity index (χ2v) is 7.36. The Morgan fingerprint density at radius 2 is 2.00 bits per heavy atom. The molecular formula is C18H24N4OS. The molecule has 1 aromatic heterocycles. The second kappa shape index (κ2) is 7.75. The number of urea groups is 1. The quantitative estimate of drug-likeness (QED) is 0.916. The van der Waals surface area contributed by atoms with Crippen LogP contribution in [0.2, 0.25) is 0 Å². The van der Waals surface area contributed by atoms with Gasteiger partial charge in [0, 0.05) is 19.2 Å². The minimum Gasteiger partial charge on any atom is -0.325 e. The summed E-state index contributed by atoms with van der Waals surface area (Å²) in [5, 5.41) is 7.42. The van der Waals surface area contributed by atoms with Crippen molar-refractivity contribution in [3.63, 3.8) is 0 Å². The van der Waals surface area contributed by atoms with Crippen molar-refractivity contribution in [1.29, 1.82) is 0 Å². The lowest BCUT2D eigenvalue weighted by Gasteiger charge is -2.31. The average Bonchev–Trinajstić information content (AvgIpc) is 3.10. The zero-order valence-corrected chi connectivity index (χ0v) is 15.0. The highest BCUT2D eigenvalue weighted by Gasteiger charge is 2.23. The third kappa shape index (κ3) is 3.75. The lowest BCUT2D eigenvalue weighted by Crippen LogP contribution is -2.42. The third-order valence-corrected chi connectivity index (χ3v) is 5.66. The molecule has 0 radical (unpaired) electrons. The molecule has 2 aromatic rings. The first-order chi connectivity index (χ1) is 11.7. The van der Waals surface area contributed by atoms with Gasteiger partial charge in [0.1, 0.15) is 5.82 Å². The van der Waals surface area contributed by atoms with Crippen molar-refractivity contribution >= 4 is 23.6 Å². The van der Waals surface area contributed by atoms with E-state index < -0.39 is 0 Å². The topological polar surface area (TPSA) is 50.2 Å². The standard InChI is InChI=1S/C18H24N4OS/c1-14(15-6-4-3-5-7-15)22-17(8-11-19-22)20-18(23)21(2)16-9-12-24-13-10-16/h3-8,11,14,16H,9-10,12-13H2,1-2H3,(H,20,23)/t14-/m0/s1. The summed E-state index contributed by atoms with van der Waals surface area (Å²) in [7, 11) is 1.89. The molecule has 0 spiro atoms. The van der Waals surface area contributed by atoms with Crippen molar-refractivity contribution in [3.8, 4) is 0 Å². The summed E-state index contributed by atoms with van der Waals surface area (Å²) in [5.41, 5.74) is 1.16. The number of nitrogens with one attached hydrogen (secondary N) is 1. The minimum atomic E-state index is -0.0612. The van der Waals surface area contributed by atoms with E-state index in [4.69, 9.17) is 0 Å². The van der Waals surface area contributed by atoms with Crippen LogP contribution in [0.5, 0.6) is 0 Å². The van der Waals surface area contributed by atoms with Gasteiger partial charge in [0.2, 0.25) is 0 Å². The van der Waals surface area contributed by atoms with Gasteiger partial charge in [-0.05, 0) is 36.8 Å². The van der Waals surface area contributed by atoms with Crippen LogP contribution in [0.4, 0.5) is 10.6 Å². The highest BCUT2D eigenvalue weighted by Crippen LogP contribution is 2.23. The Bertz CT molecular complexity index is 667. The molecule has 5 nitrogen and oxygen atoms in total. The van der Waals surface area contributed by atoms with Crippen LogP contribution in [0.25, 0.3) is 0 Å². The van der Waals surface area contributed by atoms with Gasteiger partial charge in [-0.3, -0.25) is 5.32 Å². The summed E-state index contributed by atoms with van der Waals surface area (Å²) in [6, 6.07) is 12.4. The molecule has 6 heteroatoms. The van der Waals surface area contributed by atoms with Gasteiger partial charge in [0.25, 0.3) is 0 Å². The molecule has 0 aliphatic carbocycles. The molecular weight excluding hydrogens is 320 g/mol. The first kappa shape index (κ1) is 16.9. The Hall–Kier alpha value is -1.95. The van der Waals surface area contributed by atoms with Crippen LogP contribution < -0.4 is 5.32 Å². The van der Waals surface area contributed by atoms with E-state index in [0.29, 0.717) is 6.04 Å². The third-order valence-electron chi connectivity index (χ3n) is 4.61. The van der Waals surface area contributed by atoms with E-state index in [9.17, 15) is 4.79 Å². The van der Waals surface area contributed by atoms with Crippen LogP contribution in [0.15, 0.2) is 42.6 Å². The molecule has 2 amide bonds. The fourth-order valence-electron chi connectivity index (χ4n) is 3.03. The van der Waals surface area contributed by atoms with Crippen molar-refractivity contribution < 1.29 is 4.79 Å². The van der Waals surface area contributed by atoms with Crippen LogP contribution in [0.1, 0.15) is 31.4 Å². The maximum atomic E-state index is 12.6. The molecule has 1 saturated heterocycles. The number of carbonyl (C=O) groups excluding carboxylic acids is 1. The van der Waals surface area contributed by atoms with E-state index >= 15 is 0 Å². The summed E-state index contributed by atoms with van der Waals surface area (Å²) < 4.78 is 1.86. The molecule has 3 rings (SSSR count). The van der Waals surface area contributed by atoms with Crippen LogP contribution in [0.3, 0.4) is 0 Å². The van der Waals surface area contributed by atoms with Crippen molar-refractivity contribution in [1.82, 2.24) is 14.7 Å². The number of anilines is 1. The molecule has 0 bridgehead atoms. The number of aromatic nitrogens is 2. The summed E-state index contributed by atoms with van der Waals surface area (Å²) in [5.74, 6) is 2.99. The smallest absolute Gasteiger partial charge is 0.322 e. The molecule has 2 heterocycles. The number of benzene rings is 1. The Labute approximate surface area is 147 Å². The molecule has 1 N–H and O–H groups in total. The maximum Gasteiger partial charge on any atom is 0.322 e. The van der Waals surface area contributed by atoms with E-state index in [1.54, 1.807) is 6.20 Å². The predicted octanol–water partition coefficient (Wildman–Crippen LogP) is 3.85. The summed E-state index contributed by atoms with van der Waals surface area (Å²) in [6.07, 6.45) is 3.86. The number of nitrogens with zero attached hydrogens (tertiary/aromatic N) is 3. The monoisotopic (exact) mass is 344 g/mol. The van der Waals surface area contributed by atoms with Crippen molar-refractivity contribution in [2.45, 2.75) is 31.8 Å². The first-order valence-electron chi connectivity index (χ1n) is 8.37. The zero-order valence-electron chi connectivity index (χ0n) is 14.2. The molecule has 1 atom stereocenters. The number of rotatable bonds is 4. The summed E-state index contributed by atoms with van der Waals surface area (Å²) >= 11 is 1.96. The molecule has 1 aliphatic rings. The largest absolute Gasteiger partial charge is 0.325 e. The second-order valence-electron chi connectivity index (χ2n) is 6.13. The Balaban J connectivity index is 1.70. The highest BCUT2D eigenvalue weighted by atomic mass is 32.2. The number of hydrogen-bond acceptors (Lipinski definition) is 3. The van der Waals surface area contributed by atoms with E-state index in [0.717, 1.165) is 35.7 Å². The van der Waals surface area contributed by atoms with Gasteiger partial charge in [-0.1, -0.05) is 30.3 Å². The molecule has 24 heavy (non-hydrogen) atoms. The number of thioether (sulfide) groups is 1. The van der Waals surface area contributed by atoms with E-state index in [1.807, 2.05) is 52.7 Å². The van der Waals surface area contributed by atoms with Gasteiger partial charge in [0.05, 0.1) is 12.2 Å². The average molecular weight is 344 g/mol. The molecule has 0 unspecified atom stereocenters.